The number of carbonyl (C=O) groups is 1. The summed E-state index contributed by atoms with van der Waals surface area (Å²) in [5.74, 6) is 0.958. The van der Waals surface area contributed by atoms with Gasteiger partial charge in [0.1, 0.15) is 5.75 Å². The molecule has 0 bridgehead atoms. The number of rotatable bonds is 5. The first-order valence-electron chi connectivity index (χ1n) is 10.0. The van der Waals surface area contributed by atoms with E-state index in [1.54, 1.807) is 27.4 Å². The highest BCUT2D eigenvalue weighted by Gasteiger charge is 2.32. The summed E-state index contributed by atoms with van der Waals surface area (Å²) in [6.45, 7) is 3.64. The number of piperidine rings is 1. The van der Waals surface area contributed by atoms with E-state index in [2.05, 4.69) is 0 Å². The van der Waals surface area contributed by atoms with E-state index in [1.807, 2.05) is 30.3 Å². The Balaban J connectivity index is 1.46. The Morgan fingerprint density at radius 3 is 2.69 bits per heavy atom. The molecule has 1 atom stereocenters. The zero-order valence-electron chi connectivity index (χ0n) is 16.6. The van der Waals surface area contributed by atoms with Crippen molar-refractivity contribution < 1.29 is 17.9 Å². The number of hydrogen-bond donors (Lipinski definition) is 0. The van der Waals surface area contributed by atoms with Gasteiger partial charge in [-0.15, -0.1) is 0 Å². The molecule has 1 amide bonds. The van der Waals surface area contributed by atoms with Crippen LogP contribution in [-0.2, 0) is 21.2 Å². The minimum Gasteiger partial charge on any atom is -0.493 e. The van der Waals surface area contributed by atoms with Gasteiger partial charge in [-0.25, -0.2) is 8.42 Å². The molecule has 2 heterocycles. The second-order valence-electron chi connectivity index (χ2n) is 7.71. The van der Waals surface area contributed by atoms with Crippen molar-refractivity contribution in [1.29, 1.82) is 0 Å². The average molecular weight is 415 g/mol. The first-order valence-corrected chi connectivity index (χ1v) is 11.5. The van der Waals surface area contributed by atoms with Crippen molar-refractivity contribution >= 4 is 21.6 Å². The van der Waals surface area contributed by atoms with Gasteiger partial charge in [0.25, 0.3) is 0 Å². The molecular formula is C22H26N2O4S. The SMILES string of the molecule is CC(=O)N1CCc2cc(S(=O)(=O)N3CCCC(COc4ccccc4)C3)ccc21. The number of amides is 1. The number of carbonyl (C=O) groups excluding carboxylic acids is 1. The molecule has 0 aliphatic carbocycles. The number of ether oxygens (including phenoxy) is 1. The number of sulfonamides is 1. The Hall–Kier alpha value is -2.38. The van der Waals surface area contributed by atoms with Gasteiger partial charge in [0.15, 0.2) is 0 Å². The lowest BCUT2D eigenvalue weighted by atomic mass is 10.0. The van der Waals surface area contributed by atoms with Crippen molar-refractivity contribution in [3.8, 4) is 5.75 Å². The minimum absolute atomic E-state index is 0.0170. The fourth-order valence-corrected chi connectivity index (χ4v) is 5.73. The molecule has 2 aromatic rings. The molecule has 0 saturated carbocycles. The Bertz CT molecular complexity index is 991. The molecule has 0 aromatic heterocycles. The molecule has 1 fully saturated rings. The molecule has 6 nitrogen and oxygen atoms in total. The molecular weight excluding hydrogens is 388 g/mol. The quantitative estimate of drug-likeness (QED) is 0.754. The highest BCUT2D eigenvalue weighted by Crippen LogP contribution is 2.32. The Morgan fingerprint density at radius 1 is 1.14 bits per heavy atom. The number of nitrogens with zero attached hydrogens (tertiary/aromatic N) is 2. The van der Waals surface area contributed by atoms with E-state index >= 15 is 0 Å². The number of benzene rings is 2. The average Bonchev–Trinajstić information content (AvgIpc) is 3.17. The minimum atomic E-state index is -3.56. The Labute approximate surface area is 172 Å². The molecule has 1 saturated heterocycles. The van der Waals surface area contributed by atoms with Crippen LogP contribution in [0, 0.1) is 5.92 Å². The zero-order chi connectivity index (χ0) is 20.4. The van der Waals surface area contributed by atoms with Crippen LogP contribution in [-0.4, -0.2) is 44.9 Å². The molecule has 2 aromatic carbocycles. The molecule has 7 heteroatoms. The van der Waals surface area contributed by atoms with Crippen molar-refractivity contribution in [2.75, 3.05) is 31.1 Å². The van der Waals surface area contributed by atoms with Crippen LogP contribution in [0.1, 0.15) is 25.3 Å². The van der Waals surface area contributed by atoms with Crippen LogP contribution < -0.4 is 9.64 Å². The molecule has 1 unspecified atom stereocenters. The third-order valence-electron chi connectivity index (χ3n) is 5.68. The van der Waals surface area contributed by atoms with E-state index < -0.39 is 10.0 Å². The van der Waals surface area contributed by atoms with E-state index in [0.717, 1.165) is 29.8 Å². The predicted molar refractivity (Wildman–Crippen MR) is 112 cm³/mol. The molecule has 0 spiro atoms. The first kappa shape index (κ1) is 19.9. The molecule has 4 rings (SSSR count). The highest BCUT2D eigenvalue weighted by atomic mass is 32.2. The van der Waals surface area contributed by atoms with Crippen molar-refractivity contribution in [3.63, 3.8) is 0 Å². The predicted octanol–water partition coefficient (Wildman–Crippen LogP) is 3.08. The second kappa shape index (κ2) is 8.16. The molecule has 2 aliphatic heterocycles. The summed E-state index contributed by atoms with van der Waals surface area (Å²) < 4.78 is 33.9. The van der Waals surface area contributed by atoms with Crippen LogP contribution in [0.2, 0.25) is 0 Å². The topological polar surface area (TPSA) is 66.9 Å². The number of para-hydroxylation sites is 1. The molecule has 0 N–H and O–H groups in total. The van der Waals surface area contributed by atoms with Gasteiger partial charge in [0, 0.05) is 38.2 Å². The maximum atomic E-state index is 13.2. The zero-order valence-corrected chi connectivity index (χ0v) is 17.4. The summed E-state index contributed by atoms with van der Waals surface area (Å²) in [5, 5.41) is 0. The van der Waals surface area contributed by atoms with Crippen molar-refractivity contribution in [2.24, 2.45) is 5.92 Å². The van der Waals surface area contributed by atoms with Gasteiger partial charge in [-0.1, -0.05) is 18.2 Å². The van der Waals surface area contributed by atoms with Crippen LogP contribution in [0.5, 0.6) is 5.75 Å². The summed E-state index contributed by atoms with van der Waals surface area (Å²) >= 11 is 0. The third kappa shape index (κ3) is 4.16. The Kier molecular flexibility index (Phi) is 5.61. The fourth-order valence-electron chi connectivity index (χ4n) is 4.13. The Morgan fingerprint density at radius 2 is 1.93 bits per heavy atom. The molecule has 0 radical (unpaired) electrons. The fraction of sp³-hybridized carbons (Fsp3) is 0.409. The van der Waals surface area contributed by atoms with Crippen LogP contribution in [0.25, 0.3) is 0 Å². The van der Waals surface area contributed by atoms with Crippen molar-refractivity contribution in [2.45, 2.75) is 31.1 Å². The third-order valence-corrected chi connectivity index (χ3v) is 7.54. The van der Waals surface area contributed by atoms with E-state index in [9.17, 15) is 13.2 Å². The van der Waals surface area contributed by atoms with Gasteiger partial charge in [-0.05, 0) is 55.2 Å². The first-order chi connectivity index (χ1) is 13.9. The standard InChI is InChI=1S/C22H26N2O4S/c1-17(25)24-13-11-19-14-21(9-10-22(19)24)29(26,27)23-12-5-6-18(15-23)16-28-20-7-3-2-4-8-20/h2-4,7-10,14,18H,5-6,11-13,15-16H2,1H3. The summed E-state index contributed by atoms with van der Waals surface area (Å²) in [5.41, 5.74) is 1.74. The van der Waals surface area contributed by atoms with Gasteiger partial charge >= 0.3 is 0 Å². The van der Waals surface area contributed by atoms with E-state index in [1.165, 1.54) is 6.92 Å². The van der Waals surface area contributed by atoms with Gasteiger partial charge in [0.05, 0.1) is 11.5 Å². The largest absolute Gasteiger partial charge is 0.493 e. The molecule has 29 heavy (non-hydrogen) atoms. The lowest BCUT2D eigenvalue weighted by molar-refractivity contribution is -0.116. The number of anilines is 1. The number of hydrogen-bond acceptors (Lipinski definition) is 4. The highest BCUT2D eigenvalue weighted by molar-refractivity contribution is 7.89. The molecule has 154 valence electrons. The summed E-state index contributed by atoms with van der Waals surface area (Å²) in [6.07, 6.45) is 2.47. The van der Waals surface area contributed by atoms with Gasteiger partial charge in [-0.2, -0.15) is 4.31 Å². The van der Waals surface area contributed by atoms with E-state index in [-0.39, 0.29) is 11.8 Å². The monoisotopic (exact) mass is 414 g/mol. The van der Waals surface area contributed by atoms with Crippen LogP contribution in [0.3, 0.4) is 0 Å². The van der Waals surface area contributed by atoms with E-state index in [0.29, 0.717) is 37.6 Å². The lowest BCUT2D eigenvalue weighted by Gasteiger charge is -2.32. The van der Waals surface area contributed by atoms with Crippen LogP contribution >= 0.6 is 0 Å². The summed E-state index contributed by atoms with van der Waals surface area (Å²) in [4.78, 5) is 13.7. The normalized spacial score (nSPS) is 19.8. The van der Waals surface area contributed by atoms with Gasteiger partial charge < -0.3 is 9.64 Å². The number of fused-ring (bicyclic) bond motifs is 1. The lowest BCUT2D eigenvalue weighted by Crippen LogP contribution is -2.41. The van der Waals surface area contributed by atoms with Gasteiger partial charge in [-0.3, -0.25) is 4.79 Å². The summed E-state index contributed by atoms with van der Waals surface area (Å²) in [6, 6.07) is 14.7. The maximum Gasteiger partial charge on any atom is 0.243 e. The van der Waals surface area contributed by atoms with Crippen molar-refractivity contribution in [1.82, 2.24) is 4.31 Å². The maximum absolute atomic E-state index is 13.2. The van der Waals surface area contributed by atoms with Gasteiger partial charge in [0.2, 0.25) is 15.9 Å². The molecule has 2 aliphatic rings. The second-order valence-corrected chi connectivity index (χ2v) is 9.64. The summed E-state index contributed by atoms with van der Waals surface area (Å²) in [7, 11) is -3.56. The smallest absolute Gasteiger partial charge is 0.243 e. The van der Waals surface area contributed by atoms with Crippen molar-refractivity contribution in [3.05, 3.63) is 54.1 Å². The van der Waals surface area contributed by atoms with Crippen LogP contribution in [0.4, 0.5) is 5.69 Å². The van der Waals surface area contributed by atoms with Crippen LogP contribution in [0.15, 0.2) is 53.4 Å². The van der Waals surface area contributed by atoms with E-state index in [4.69, 9.17) is 4.74 Å².